The topological polar surface area (TPSA) is 67.7 Å². The van der Waals surface area contributed by atoms with Crippen molar-refractivity contribution in [2.24, 2.45) is 0 Å². The molecule has 0 aliphatic carbocycles. The molecule has 0 aliphatic heterocycles. The van der Waals surface area contributed by atoms with Crippen LogP contribution in [0.25, 0.3) is 5.52 Å². The smallest absolute Gasteiger partial charge is 0.422 e. The Morgan fingerprint density at radius 1 is 1.43 bits per heavy atom. The van der Waals surface area contributed by atoms with Crippen LogP contribution in [0.1, 0.15) is 32.0 Å². The lowest BCUT2D eigenvalue weighted by Crippen LogP contribution is -2.42. The van der Waals surface area contributed by atoms with Gasteiger partial charge in [-0.05, 0) is 39.3 Å². The zero-order valence-corrected chi connectivity index (χ0v) is 15.7. The molecule has 0 fully saturated rings. The lowest BCUT2D eigenvalue weighted by Gasteiger charge is -2.19. The number of pyridine rings is 1. The van der Waals surface area contributed by atoms with E-state index >= 15 is 0 Å². The van der Waals surface area contributed by atoms with Crippen molar-refractivity contribution in [2.45, 2.75) is 38.1 Å². The Morgan fingerprint density at radius 3 is 2.83 bits per heavy atom. The van der Waals surface area contributed by atoms with Crippen LogP contribution in [0, 0.1) is 0 Å². The van der Waals surface area contributed by atoms with Gasteiger partial charge in [0.1, 0.15) is 5.60 Å². The van der Waals surface area contributed by atoms with Crippen LogP contribution in [0.5, 0.6) is 0 Å². The average Bonchev–Trinajstić information content (AvgIpc) is 2.78. The second-order valence-corrected chi connectivity index (χ2v) is 7.04. The molecule has 2 heterocycles. The summed E-state index contributed by atoms with van der Waals surface area (Å²) in [6.07, 6.45) is 1.99. The summed E-state index contributed by atoms with van der Waals surface area (Å²) in [6, 6.07) is 3.78. The van der Waals surface area contributed by atoms with Crippen LogP contribution in [0.2, 0.25) is 5.02 Å². The fourth-order valence-corrected chi connectivity index (χ4v) is 2.74. The number of halogens is 2. The second-order valence-electron chi connectivity index (χ2n) is 6.04. The van der Waals surface area contributed by atoms with Gasteiger partial charge in [-0.3, -0.25) is 5.43 Å². The number of hydrogen-bond acceptors (Lipinski definition) is 4. The molecule has 0 unspecified atom stereocenters. The molecule has 0 radical (unpaired) electrons. The number of rotatable bonds is 5. The summed E-state index contributed by atoms with van der Waals surface area (Å²) in [4.78, 5) is 11.6. The zero-order chi connectivity index (χ0) is 17.0. The van der Waals surface area contributed by atoms with Crippen molar-refractivity contribution in [3.8, 4) is 0 Å². The summed E-state index contributed by atoms with van der Waals surface area (Å²) in [6.45, 7) is 6.01. The molecule has 2 aromatic heterocycles. The van der Waals surface area contributed by atoms with Gasteiger partial charge in [0.05, 0.1) is 16.2 Å². The van der Waals surface area contributed by atoms with Crippen LogP contribution in [-0.4, -0.2) is 27.9 Å². The van der Waals surface area contributed by atoms with Crippen molar-refractivity contribution in [1.29, 1.82) is 0 Å². The van der Waals surface area contributed by atoms with E-state index in [1.807, 2.05) is 32.9 Å². The van der Waals surface area contributed by atoms with E-state index in [9.17, 15) is 4.79 Å². The van der Waals surface area contributed by atoms with Crippen molar-refractivity contribution < 1.29 is 9.53 Å². The molecule has 23 heavy (non-hydrogen) atoms. The van der Waals surface area contributed by atoms with Gasteiger partial charge in [-0.1, -0.05) is 27.5 Å². The maximum absolute atomic E-state index is 11.6. The Balaban J connectivity index is 1.96. The zero-order valence-electron chi connectivity index (χ0n) is 13.3. The van der Waals surface area contributed by atoms with Gasteiger partial charge in [-0.15, -0.1) is 0 Å². The highest BCUT2D eigenvalue weighted by atomic mass is 79.9. The van der Waals surface area contributed by atoms with Crippen LogP contribution in [0.3, 0.4) is 0 Å². The Kier molecular flexibility index (Phi) is 5.89. The van der Waals surface area contributed by atoms with Crippen LogP contribution in [0.4, 0.5) is 4.79 Å². The van der Waals surface area contributed by atoms with Crippen LogP contribution in [-0.2, 0) is 16.5 Å². The van der Waals surface area contributed by atoms with Gasteiger partial charge in [0.2, 0.25) is 0 Å². The van der Waals surface area contributed by atoms with Gasteiger partial charge < -0.3 is 4.74 Å². The van der Waals surface area contributed by atoms with Gasteiger partial charge in [0, 0.05) is 23.6 Å². The predicted molar refractivity (Wildman–Crippen MR) is 93.9 cm³/mol. The molecule has 0 saturated heterocycles. The molecule has 0 aromatic carbocycles. The number of nitrogens with zero attached hydrogens (tertiary/aromatic N) is 2. The third-order valence-electron chi connectivity index (χ3n) is 2.99. The third kappa shape index (κ3) is 5.09. The first-order valence-electron chi connectivity index (χ1n) is 7.23. The van der Waals surface area contributed by atoms with Gasteiger partial charge in [-0.2, -0.15) is 5.10 Å². The first-order chi connectivity index (χ1) is 10.8. The average molecular weight is 404 g/mol. The quantitative estimate of drug-likeness (QED) is 0.456. The molecule has 0 spiro atoms. The molecule has 0 aliphatic rings. The molecular formula is C15H20BrClN4O2. The standard InChI is InChI=1S/C15H20BrClN4O2/c1-15(2,3)23-14(22)19-18-7-6-11-12(8-16)20-21-9-10(17)4-5-13(11)21/h4-5,9,18H,6-8H2,1-3H3,(H,19,22). The summed E-state index contributed by atoms with van der Waals surface area (Å²) >= 11 is 9.44. The van der Waals surface area contributed by atoms with Crippen molar-refractivity contribution >= 4 is 39.1 Å². The Labute approximate surface area is 148 Å². The summed E-state index contributed by atoms with van der Waals surface area (Å²) in [5.41, 5.74) is 7.94. The molecular weight excluding hydrogens is 384 g/mol. The predicted octanol–water partition coefficient (Wildman–Crippen LogP) is 3.45. The fourth-order valence-electron chi connectivity index (χ4n) is 2.13. The van der Waals surface area contributed by atoms with E-state index < -0.39 is 11.7 Å². The van der Waals surface area contributed by atoms with E-state index in [-0.39, 0.29) is 0 Å². The molecule has 2 N–H and O–H groups in total. The Bertz CT molecular complexity index is 697. The lowest BCUT2D eigenvalue weighted by molar-refractivity contribution is 0.0499. The maximum atomic E-state index is 11.6. The van der Waals surface area contributed by atoms with Crippen molar-refractivity contribution in [3.05, 3.63) is 34.6 Å². The molecule has 0 atom stereocenters. The fraction of sp³-hybridized carbons (Fsp3) is 0.467. The number of fused-ring (bicyclic) bond motifs is 1. The molecule has 1 amide bonds. The minimum absolute atomic E-state index is 0.495. The molecule has 2 aromatic rings. The van der Waals surface area contributed by atoms with E-state index in [1.54, 1.807) is 10.7 Å². The largest absolute Gasteiger partial charge is 0.443 e. The number of hydrazine groups is 1. The highest BCUT2D eigenvalue weighted by molar-refractivity contribution is 9.08. The van der Waals surface area contributed by atoms with Crippen molar-refractivity contribution in [3.63, 3.8) is 0 Å². The number of aromatic nitrogens is 2. The van der Waals surface area contributed by atoms with Gasteiger partial charge >= 0.3 is 6.09 Å². The normalized spacial score (nSPS) is 11.7. The minimum atomic E-state index is -0.517. The number of nitrogens with one attached hydrogen (secondary N) is 2. The number of hydrogen-bond donors (Lipinski definition) is 2. The second kappa shape index (κ2) is 7.51. The molecule has 2 rings (SSSR count). The van der Waals surface area contributed by atoms with Gasteiger partial charge in [0.15, 0.2) is 0 Å². The van der Waals surface area contributed by atoms with Gasteiger partial charge in [0.25, 0.3) is 0 Å². The van der Waals surface area contributed by atoms with E-state index in [1.165, 1.54) is 0 Å². The molecule has 0 saturated carbocycles. The van der Waals surface area contributed by atoms with E-state index in [4.69, 9.17) is 16.3 Å². The van der Waals surface area contributed by atoms with E-state index in [2.05, 4.69) is 31.9 Å². The number of carbonyl (C=O) groups excluding carboxylic acids is 1. The number of carbonyl (C=O) groups is 1. The highest BCUT2D eigenvalue weighted by Crippen LogP contribution is 2.20. The molecule has 0 bridgehead atoms. The number of amides is 1. The van der Waals surface area contributed by atoms with Crippen LogP contribution < -0.4 is 10.9 Å². The third-order valence-corrected chi connectivity index (χ3v) is 3.75. The SMILES string of the molecule is CC(C)(C)OC(=O)NNCCc1c(CBr)nn2cc(Cl)ccc12. The van der Waals surface area contributed by atoms with E-state index in [0.717, 1.165) is 16.8 Å². The summed E-state index contributed by atoms with van der Waals surface area (Å²) in [7, 11) is 0. The maximum Gasteiger partial charge on any atom is 0.422 e. The number of alkyl halides is 1. The molecule has 6 nitrogen and oxygen atoms in total. The van der Waals surface area contributed by atoms with Crippen molar-refractivity contribution in [2.75, 3.05) is 6.54 Å². The van der Waals surface area contributed by atoms with Crippen LogP contribution >= 0.6 is 27.5 Å². The first kappa shape index (κ1) is 18.0. The lowest BCUT2D eigenvalue weighted by atomic mass is 10.1. The monoisotopic (exact) mass is 402 g/mol. The van der Waals surface area contributed by atoms with E-state index in [0.29, 0.717) is 23.3 Å². The molecule has 126 valence electrons. The minimum Gasteiger partial charge on any atom is -0.443 e. The van der Waals surface area contributed by atoms with Crippen LogP contribution in [0.15, 0.2) is 18.3 Å². The van der Waals surface area contributed by atoms with Gasteiger partial charge in [-0.25, -0.2) is 14.7 Å². The first-order valence-corrected chi connectivity index (χ1v) is 8.73. The number of ether oxygens (including phenoxy) is 1. The Morgan fingerprint density at radius 2 is 2.17 bits per heavy atom. The van der Waals surface area contributed by atoms with Crippen molar-refractivity contribution in [1.82, 2.24) is 20.5 Å². The molecule has 8 heteroatoms. The summed E-state index contributed by atoms with van der Waals surface area (Å²) in [5.74, 6) is 0. The Hall–Kier alpha value is -1.31. The summed E-state index contributed by atoms with van der Waals surface area (Å²) < 4.78 is 6.93. The summed E-state index contributed by atoms with van der Waals surface area (Å²) in [5, 5.41) is 5.79. The highest BCUT2D eigenvalue weighted by Gasteiger charge is 2.16.